The highest BCUT2D eigenvalue weighted by Gasteiger charge is 2.39. The monoisotopic (exact) mass is 543 g/mol. The fourth-order valence-electron chi connectivity index (χ4n) is 4.80. The molecule has 3 aromatic heterocycles. The maximum Gasteiger partial charge on any atom is 0.436 e. The van der Waals surface area contributed by atoms with E-state index in [-0.39, 0.29) is 17.9 Å². The van der Waals surface area contributed by atoms with Crippen molar-refractivity contribution in [2.45, 2.75) is 70.3 Å². The van der Waals surface area contributed by atoms with Crippen LogP contribution in [0.3, 0.4) is 0 Å². The van der Waals surface area contributed by atoms with Gasteiger partial charge in [-0.2, -0.15) is 33.7 Å². The lowest BCUT2D eigenvalue weighted by Gasteiger charge is -2.30. The van der Waals surface area contributed by atoms with Gasteiger partial charge in [-0.25, -0.2) is 4.99 Å². The van der Waals surface area contributed by atoms with E-state index in [0.717, 1.165) is 33.4 Å². The summed E-state index contributed by atoms with van der Waals surface area (Å²) in [6, 6.07) is 2.23. The van der Waals surface area contributed by atoms with Crippen LogP contribution in [-0.4, -0.2) is 49.2 Å². The molecule has 1 aliphatic carbocycles. The zero-order chi connectivity index (χ0) is 28.5. The summed E-state index contributed by atoms with van der Waals surface area (Å²) in [5.74, 6) is 0.322. The van der Waals surface area contributed by atoms with E-state index >= 15 is 0 Å². The van der Waals surface area contributed by atoms with Gasteiger partial charge in [0.1, 0.15) is 11.4 Å². The summed E-state index contributed by atoms with van der Waals surface area (Å²) in [5.41, 5.74) is 1.54. The summed E-state index contributed by atoms with van der Waals surface area (Å²) in [7, 11) is 3.00. The SMILES string of the molecule is C=N/C(=C\c1c(C)c(-c2cnn(C(C)(C)C#N)c2)nn1C1CCC(Oc2cnn(C)c2C(F)(F)F)CC1)NC. The third kappa shape index (κ3) is 5.55. The third-order valence-electron chi connectivity index (χ3n) is 7.05. The molecule has 4 rings (SSSR count). The van der Waals surface area contributed by atoms with Crippen molar-refractivity contribution < 1.29 is 17.9 Å². The molecule has 0 atom stereocenters. The first-order chi connectivity index (χ1) is 18.4. The number of nitrogens with zero attached hydrogens (tertiary/aromatic N) is 8. The van der Waals surface area contributed by atoms with E-state index < -0.39 is 17.4 Å². The third-order valence-corrected chi connectivity index (χ3v) is 7.05. The Morgan fingerprint density at radius 3 is 2.51 bits per heavy atom. The van der Waals surface area contributed by atoms with Gasteiger partial charge < -0.3 is 10.1 Å². The molecule has 1 aliphatic rings. The van der Waals surface area contributed by atoms with E-state index in [2.05, 4.69) is 33.3 Å². The number of ether oxygens (including phenoxy) is 1. The van der Waals surface area contributed by atoms with Crippen LogP contribution in [0.4, 0.5) is 13.2 Å². The molecule has 10 nitrogen and oxygen atoms in total. The highest BCUT2D eigenvalue weighted by Crippen LogP contribution is 2.39. The molecule has 208 valence electrons. The molecule has 0 unspecified atom stereocenters. The van der Waals surface area contributed by atoms with Crippen LogP contribution in [0.2, 0.25) is 0 Å². The zero-order valence-corrected chi connectivity index (χ0v) is 22.6. The highest BCUT2D eigenvalue weighted by molar-refractivity contribution is 5.68. The largest absolute Gasteiger partial charge is 0.486 e. The van der Waals surface area contributed by atoms with Gasteiger partial charge >= 0.3 is 6.18 Å². The van der Waals surface area contributed by atoms with Gasteiger partial charge in [0.25, 0.3) is 0 Å². The summed E-state index contributed by atoms with van der Waals surface area (Å²) in [4.78, 5) is 4.03. The van der Waals surface area contributed by atoms with Crippen LogP contribution in [0, 0.1) is 18.3 Å². The van der Waals surface area contributed by atoms with Crippen molar-refractivity contribution in [3.8, 4) is 23.1 Å². The lowest BCUT2D eigenvalue weighted by molar-refractivity contribution is -0.145. The first kappa shape index (κ1) is 27.9. The van der Waals surface area contributed by atoms with Crippen molar-refractivity contribution >= 4 is 12.8 Å². The average molecular weight is 544 g/mol. The minimum Gasteiger partial charge on any atom is -0.486 e. The Labute approximate surface area is 224 Å². The molecule has 0 saturated heterocycles. The van der Waals surface area contributed by atoms with Gasteiger partial charge in [-0.3, -0.25) is 14.0 Å². The smallest absolute Gasteiger partial charge is 0.436 e. The molecule has 1 saturated carbocycles. The quantitative estimate of drug-likeness (QED) is 0.407. The summed E-state index contributed by atoms with van der Waals surface area (Å²) in [6.45, 7) is 9.14. The Kier molecular flexibility index (Phi) is 7.59. The minimum absolute atomic E-state index is 0.00643. The van der Waals surface area contributed by atoms with Crippen molar-refractivity contribution in [1.29, 1.82) is 5.26 Å². The van der Waals surface area contributed by atoms with Gasteiger partial charge in [0.15, 0.2) is 11.4 Å². The van der Waals surface area contributed by atoms with Crippen LogP contribution in [0.5, 0.6) is 5.75 Å². The molecular formula is C26H32F3N9O. The highest BCUT2D eigenvalue weighted by atomic mass is 19.4. The lowest BCUT2D eigenvalue weighted by atomic mass is 9.92. The number of rotatable bonds is 8. The lowest BCUT2D eigenvalue weighted by Crippen LogP contribution is -2.27. The number of aliphatic imine (C=N–C) groups is 1. The second-order valence-corrected chi connectivity index (χ2v) is 10.1. The number of nitrogens with one attached hydrogen (secondary N) is 1. The number of nitriles is 1. The topological polar surface area (TPSA) is 111 Å². The van der Waals surface area contributed by atoms with Gasteiger partial charge in [0.2, 0.25) is 0 Å². The summed E-state index contributed by atoms with van der Waals surface area (Å²) in [6.07, 6.45) is 3.99. The molecule has 0 aliphatic heterocycles. The maximum absolute atomic E-state index is 13.5. The molecule has 0 spiro atoms. The molecule has 13 heteroatoms. The average Bonchev–Trinajstić information content (AvgIpc) is 3.61. The second-order valence-electron chi connectivity index (χ2n) is 10.1. The fraction of sp³-hybridized carbons (Fsp3) is 0.500. The molecule has 0 bridgehead atoms. The van der Waals surface area contributed by atoms with Crippen molar-refractivity contribution in [3.63, 3.8) is 0 Å². The van der Waals surface area contributed by atoms with E-state index in [9.17, 15) is 18.4 Å². The number of alkyl halides is 3. The summed E-state index contributed by atoms with van der Waals surface area (Å²) < 4.78 is 50.5. The van der Waals surface area contributed by atoms with Crippen molar-refractivity contribution in [2.75, 3.05) is 7.05 Å². The Bertz CT molecular complexity index is 1410. The molecule has 0 radical (unpaired) electrons. The predicted octanol–water partition coefficient (Wildman–Crippen LogP) is 4.85. The number of aromatic nitrogens is 6. The second kappa shape index (κ2) is 10.6. The van der Waals surface area contributed by atoms with Crippen LogP contribution in [0.1, 0.15) is 62.5 Å². The molecule has 3 heterocycles. The Hall–Kier alpha value is -4.08. The van der Waals surface area contributed by atoms with Crippen LogP contribution < -0.4 is 10.1 Å². The van der Waals surface area contributed by atoms with E-state index in [0.29, 0.717) is 31.5 Å². The number of aryl methyl sites for hydroxylation is 1. The summed E-state index contributed by atoms with van der Waals surface area (Å²) in [5, 5.41) is 25.6. The molecule has 39 heavy (non-hydrogen) atoms. The fourth-order valence-corrected chi connectivity index (χ4v) is 4.80. The maximum atomic E-state index is 13.5. The van der Waals surface area contributed by atoms with Gasteiger partial charge in [0, 0.05) is 37.5 Å². The number of hydrogen-bond acceptors (Lipinski definition) is 7. The first-order valence-corrected chi connectivity index (χ1v) is 12.6. The molecular weight excluding hydrogens is 511 g/mol. The molecule has 3 aromatic rings. The van der Waals surface area contributed by atoms with E-state index in [4.69, 9.17) is 9.84 Å². The van der Waals surface area contributed by atoms with E-state index in [1.54, 1.807) is 38.0 Å². The number of hydrogen-bond donors (Lipinski definition) is 1. The van der Waals surface area contributed by atoms with Crippen LogP contribution >= 0.6 is 0 Å². The molecule has 1 fully saturated rings. The zero-order valence-electron chi connectivity index (χ0n) is 22.6. The molecule has 0 amide bonds. The van der Waals surface area contributed by atoms with E-state index in [1.165, 1.54) is 7.05 Å². The molecule has 1 N–H and O–H groups in total. The summed E-state index contributed by atoms with van der Waals surface area (Å²) >= 11 is 0. The van der Waals surface area contributed by atoms with Gasteiger partial charge in [-0.15, -0.1) is 0 Å². The van der Waals surface area contributed by atoms with Crippen LogP contribution in [-0.2, 0) is 18.8 Å². The van der Waals surface area contributed by atoms with Gasteiger partial charge in [0.05, 0.1) is 42.0 Å². The van der Waals surface area contributed by atoms with Crippen molar-refractivity contribution in [1.82, 2.24) is 34.7 Å². The van der Waals surface area contributed by atoms with Crippen LogP contribution in [0.15, 0.2) is 29.4 Å². The van der Waals surface area contributed by atoms with Gasteiger partial charge in [-0.05, 0) is 53.2 Å². The van der Waals surface area contributed by atoms with Crippen molar-refractivity contribution in [2.24, 2.45) is 12.0 Å². The van der Waals surface area contributed by atoms with Crippen molar-refractivity contribution in [3.05, 3.63) is 41.4 Å². The normalized spacial score (nSPS) is 18.6. The Morgan fingerprint density at radius 1 is 1.23 bits per heavy atom. The Morgan fingerprint density at radius 2 is 1.92 bits per heavy atom. The predicted molar refractivity (Wildman–Crippen MR) is 140 cm³/mol. The molecule has 0 aromatic carbocycles. The Balaban J connectivity index is 1.61. The standard InChI is InChI=1S/C26H32F3N9O/c1-16-20(11-22(31-4)32-5)38(35-23(16)17-12-34-37(14-17)25(2,3)15-30)18-7-9-19(10-8-18)39-21-13-33-36(6)24(21)26(27,28)29/h11-14,18-19,32H,4,7-10H2,1-3,5-6H3/b22-11+. The minimum atomic E-state index is -4.55. The van der Waals surface area contributed by atoms with Crippen LogP contribution in [0.25, 0.3) is 17.3 Å². The number of halogens is 3. The van der Waals surface area contributed by atoms with Gasteiger partial charge in [-0.1, -0.05) is 0 Å². The first-order valence-electron chi connectivity index (χ1n) is 12.6. The van der Waals surface area contributed by atoms with E-state index in [1.807, 2.05) is 17.7 Å².